The number of hydrogen-bond acceptors (Lipinski definition) is 3. The molecule has 0 amide bonds. The molecule has 4 heteroatoms. The number of ether oxygens (including phenoxy) is 1. The summed E-state index contributed by atoms with van der Waals surface area (Å²) in [5.74, 6) is 3.70. The smallest absolute Gasteiger partial charge is 0.255 e. The summed E-state index contributed by atoms with van der Waals surface area (Å²) < 4.78 is 5.70. The number of nitrogens with zero attached hydrogens (tertiary/aromatic N) is 1. The van der Waals surface area contributed by atoms with Crippen molar-refractivity contribution in [1.82, 2.24) is 9.97 Å². The van der Waals surface area contributed by atoms with Crippen molar-refractivity contribution in [3.63, 3.8) is 0 Å². The van der Waals surface area contributed by atoms with Crippen LogP contribution in [0.2, 0.25) is 0 Å². The molecule has 1 heterocycles. The zero-order valence-corrected chi connectivity index (χ0v) is 14.1. The maximum atomic E-state index is 12.0. The van der Waals surface area contributed by atoms with Crippen LogP contribution in [-0.4, -0.2) is 9.97 Å². The van der Waals surface area contributed by atoms with Crippen molar-refractivity contribution in [1.29, 1.82) is 0 Å². The van der Waals surface area contributed by atoms with E-state index in [1.807, 2.05) is 24.3 Å². The van der Waals surface area contributed by atoms with Crippen LogP contribution in [0.4, 0.5) is 0 Å². The average Bonchev–Trinajstić information content (AvgIpc) is 2.48. The van der Waals surface area contributed by atoms with Crippen molar-refractivity contribution >= 4 is 0 Å². The van der Waals surface area contributed by atoms with Crippen LogP contribution in [0.25, 0.3) is 0 Å². The zero-order chi connectivity index (χ0) is 17.0. The van der Waals surface area contributed by atoms with Gasteiger partial charge in [0.1, 0.15) is 18.2 Å². The number of H-pyrrole nitrogens is 1. The molecule has 0 aliphatic rings. The minimum absolute atomic E-state index is 0.106. The van der Waals surface area contributed by atoms with Gasteiger partial charge in [-0.05, 0) is 30.0 Å². The Bertz CT molecular complexity index is 775. The predicted octanol–water partition coefficient (Wildman–Crippen LogP) is 3.13. The molecule has 2 rings (SSSR count). The summed E-state index contributed by atoms with van der Waals surface area (Å²) >= 11 is 0. The third-order valence-electron chi connectivity index (χ3n) is 3.65. The van der Waals surface area contributed by atoms with Gasteiger partial charge >= 0.3 is 0 Å². The highest BCUT2D eigenvalue weighted by Crippen LogP contribution is 2.24. The topological polar surface area (TPSA) is 55.0 Å². The van der Waals surface area contributed by atoms with Gasteiger partial charge in [0.2, 0.25) is 0 Å². The van der Waals surface area contributed by atoms with Crippen LogP contribution in [0.15, 0.2) is 29.1 Å². The fraction of sp³-hybridized carbons (Fsp3) is 0.368. The lowest BCUT2D eigenvalue weighted by Crippen LogP contribution is -2.19. The predicted molar refractivity (Wildman–Crippen MR) is 91.6 cm³/mol. The molecule has 2 aromatic rings. The maximum Gasteiger partial charge on any atom is 0.255 e. The number of rotatable bonds is 4. The fourth-order valence-corrected chi connectivity index (χ4v) is 2.25. The number of hydrogen-bond donors (Lipinski definition) is 1. The highest BCUT2D eigenvalue weighted by Gasteiger charge is 2.13. The summed E-state index contributed by atoms with van der Waals surface area (Å²) in [5.41, 5.74) is 2.33. The van der Waals surface area contributed by atoms with Crippen molar-refractivity contribution in [3.05, 3.63) is 57.3 Å². The van der Waals surface area contributed by atoms with Crippen LogP contribution in [0.5, 0.6) is 5.75 Å². The first-order chi connectivity index (χ1) is 10.8. The van der Waals surface area contributed by atoms with Gasteiger partial charge in [-0.15, -0.1) is 12.3 Å². The number of aromatic nitrogens is 2. The lowest BCUT2D eigenvalue weighted by Gasteiger charge is -2.19. The van der Waals surface area contributed by atoms with Crippen molar-refractivity contribution < 1.29 is 4.74 Å². The summed E-state index contributed by atoms with van der Waals surface area (Å²) in [5, 5.41) is 0. The summed E-state index contributed by atoms with van der Waals surface area (Å²) in [7, 11) is 0. The third kappa shape index (κ3) is 4.23. The number of nitrogens with one attached hydrogen (secondary N) is 1. The second-order valence-electron chi connectivity index (χ2n) is 6.52. The second-order valence-corrected chi connectivity index (χ2v) is 6.52. The van der Waals surface area contributed by atoms with E-state index in [9.17, 15) is 4.79 Å². The highest BCUT2D eigenvalue weighted by molar-refractivity contribution is 5.31. The molecule has 0 saturated carbocycles. The van der Waals surface area contributed by atoms with E-state index in [4.69, 9.17) is 11.2 Å². The van der Waals surface area contributed by atoms with E-state index in [0.717, 1.165) is 5.75 Å². The van der Waals surface area contributed by atoms with Gasteiger partial charge in [-0.2, -0.15) is 0 Å². The van der Waals surface area contributed by atoms with Gasteiger partial charge in [0.25, 0.3) is 5.56 Å². The summed E-state index contributed by atoms with van der Waals surface area (Å²) in [6.45, 7) is 8.49. The SMILES string of the molecule is C#CCc1c(C)nc(COc2ccc(C(C)(C)C)cc2)[nH]c1=O. The number of benzene rings is 1. The standard InChI is InChI=1S/C19H22N2O2/c1-6-7-16-13(2)20-17(21-18(16)22)12-23-15-10-8-14(9-11-15)19(3,4)5/h1,8-11H,7,12H2,2-5H3,(H,20,21,22). The number of aryl methyl sites for hydroxylation is 1. The van der Waals surface area contributed by atoms with E-state index < -0.39 is 0 Å². The van der Waals surface area contributed by atoms with E-state index >= 15 is 0 Å². The van der Waals surface area contributed by atoms with E-state index in [1.165, 1.54) is 5.56 Å². The van der Waals surface area contributed by atoms with Crippen molar-refractivity contribution in [3.8, 4) is 18.1 Å². The molecule has 1 aromatic heterocycles. The molecule has 0 aliphatic heterocycles. The van der Waals surface area contributed by atoms with Gasteiger partial charge in [-0.3, -0.25) is 4.79 Å². The average molecular weight is 310 g/mol. The summed E-state index contributed by atoms with van der Waals surface area (Å²) in [6.07, 6.45) is 5.54. The Hall–Kier alpha value is -2.54. The summed E-state index contributed by atoms with van der Waals surface area (Å²) in [6, 6.07) is 7.95. The largest absolute Gasteiger partial charge is 0.486 e. The van der Waals surface area contributed by atoms with Gasteiger partial charge in [0.15, 0.2) is 0 Å². The van der Waals surface area contributed by atoms with Crippen molar-refractivity contribution in [2.45, 2.75) is 46.1 Å². The van der Waals surface area contributed by atoms with Crippen LogP contribution in [0, 0.1) is 19.3 Å². The number of terminal acetylenes is 1. The van der Waals surface area contributed by atoms with E-state index in [-0.39, 0.29) is 24.0 Å². The van der Waals surface area contributed by atoms with Gasteiger partial charge in [0.05, 0.1) is 5.56 Å². The molecular weight excluding hydrogens is 288 g/mol. The Kier molecular flexibility index (Phi) is 4.90. The van der Waals surface area contributed by atoms with E-state index in [1.54, 1.807) is 6.92 Å². The minimum atomic E-state index is -0.197. The molecule has 0 unspecified atom stereocenters. The Morgan fingerprint density at radius 3 is 2.43 bits per heavy atom. The van der Waals surface area contributed by atoms with Crippen LogP contribution in [0.1, 0.15) is 43.4 Å². The molecule has 0 bridgehead atoms. The molecule has 0 spiro atoms. The van der Waals surface area contributed by atoms with Crippen LogP contribution in [0.3, 0.4) is 0 Å². The Balaban J connectivity index is 2.10. The Labute approximate surface area is 136 Å². The lowest BCUT2D eigenvalue weighted by atomic mass is 9.87. The van der Waals surface area contributed by atoms with Gasteiger partial charge < -0.3 is 9.72 Å². The molecule has 1 aromatic carbocycles. The summed E-state index contributed by atoms with van der Waals surface area (Å²) in [4.78, 5) is 19.0. The number of aromatic amines is 1. The van der Waals surface area contributed by atoms with Crippen LogP contribution in [-0.2, 0) is 18.4 Å². The first-order valence-corrected chi connectivity index (χ1v) is 7.56. The maximum absolute atomic E-state index is 12.0. The molecular formula is C19H22N2O2. The quantitative estimate of drug-likeness (QED) is 0.883. The second kappa shape index (κ2) is 6.70. The van der Waals surface area contributed by atoms with E-state index in [0.29, 0.717) is 17.1 Å². The molecule has 23 heavy (non-hydrogen) atoms. The van der Waals surface area contributed by atoms with Crippen LogP contribution < -0.4 is 10.3 Å². The zero-order valence-electron chi connectivity index (χ0n) is 14.1. The molecule has 0 radical (unpaired) electrons. The van der Waals surface area contributed by atoms with Crippen LogP contribution >= 0.6 is 0 Å². The van der Waals surface area contributed by atoms with Gasteiger partial charge in [-0.1, -0.05) is 32.9 Å². The fourth-order valence-electron chi connectivity index (χ4n) is 2.25. The molecule has 0 atom stereocenters. The Morgan fingerprint density at radius 1 is 1.26 bits per heavy atom. The molecule has 4 nitrogen and oxygen atoms in total. The third-order valence-corrected chi connectivity index (χ3v) is 3.65. The molecule has 1 N–H and O–H groups in total. The monoisotopic (exact) mass is 310 g/mol. The molecule has 0 aliphatic carbocycles. The Morgan fingerprint density at radius 2 is 1.91 bits per heavy atom. The van der Waals surface area contributed by atoms with E-state index in [2.05, 4.69) is 36.7 Å². The molecule has 120 valence electrons. The minimum Gasteiger partial charge on any atom is -0.486 e. The van der Waals surface area contributed by atoms with Gasteiger partial charge in [-0.25, -0.2) is 4.98 Å². The molecule has 0 fully saturated rings. The normalized spacial score (nSPS) is 11.1. The first kappa shape index (κ1) is 16.8. The molecule has 0 saturated heterocycles. The van der Waals surface area contributed by atoms with Crippen molar-refractivity contribution in [2.24, 2.45) is 0 Å². The lowest BCUT2D eigenvalue weighted by molar-refractivity contribution is 0.294. The van der Waals surface area contributed by atoms with Gasteiger partial charge in [0, 0.05) is 12.1 Å². The highest BCUT2D eigenvalue weighted by atomic mass is 16.5. The first-order valence-electron chi connectivity index (χ1n) is 7.56. The van der Waals surface area contributed by atoms with Crippen molar-refractivity contribution in [2.75, 3.05) is 0 Å².